The normalized spacial score (nSPS) is 11.5. The van der Waals surface area contributed by atoms with Gasteiger partial charge in [-0.3, -0.25) is 14.0 Å². The van der Waals surface area contributed by atoms with Crippen LogP contribution in [-0.4, -0.2) is 34.5 Å². The summed E-state index contributed by atoms with van der Waals surface area (Å²) in [6.45, 7) is 8.32. The summed E-state index contributed by atoms with van der Waals surface area (Å²) in [7, 11) is 0. The van der Waals surface area contributed by atoms with Crippen LogP contribution < -0.4 is 15.6 Å². The number of ether oxygens (including phenoxy) is 2. The summed E-state index contributed by atoms with van der Waals surface area (Å²) < 4.78 is 12.8. The summed E-state index contributed by atoms with van der Waals surface area (Å²) in [6.07, 6.45) is 3.47. The Balaban J connectivity index is 2.00. The van der Waals surface area contributed by atoms with E-state index in [1.807, 2.05) is 39.8 Å². The molecule has 35 heavy (non-hydrogen) atoms. The van der Waals surface area contributed by atoms with Crippen LogP contribution in [0.25, 0.3) is 11.7 Å². The van der Waals surface area contributed by atoms with Crippen LogP contribution in [0, 0.1) is 25.2 Å². The van der Waals surface area contributed by atoms with E-state index in [0.29, 0.717) is 36.0 Å². The highest BCUT2D eigenvalue weighted by atomic mass is 35.5. The molecule has 0 aliphatic heterocycles. The smallest absolute Gasteiger partial charge is 0.269 e. The molecule has 0 atom stereocenters. The minimum Gasteiger partial charge on any atom is -0.438 e. The molecule has 0 fully saturated rings. The average molecular weight is 495 g/mol. The molecule has 0 aliphatic carbocycles. The maximum atomic E-state index is 13.4. The molecule has 0 saturated heterocycles. The van der Waals surface area contributed by atoms with Crippen molar-refractivity contribution in [2.24, 2.45) is 0 Å². The zero-order valence-electron chi connectivity index (χ0n) is 20.1. The highest BCUT2D eigenvalue weighted by molar-refractivity contribution is 6.31. The number of fused-ring (bicyclic) bond motifs is 1. The van der Waals surface area contributed by atoms with Gasteiger partial charge in [0.2, 0.25) is 5.88 Å². The van der Waals surface area contributed by atoms with Crippen LogP contribution in [0.2, 0.25) is 5.02 Å². The highest BCUT2D eigenvalue weighted by Gasteiger charge is 2.18. The molecule has 0 bridgehead atoms. The first-order valence-electron chi connectivity index (χ1n) is 11.2. The van der Waals surface area contributed by atoms with Gasteiger partial charge in [-0.15, -0.1) is 0 Å². The van der Waals surface area contributed by atoms with E-state index in [2.05, 4.69) is 10.3 Å². The molecule has 9 heteroatoms. The number of amides is 1. The number of carbonyl (C=O) groups excluding carboxylic acids is 1. The van der Waals surface area contributed by atoms with E-state index in [-0.39, 0.29) is 23.1 Å². The third kappa shape index (κ3) is 6.47. The van der Waals surface area contributed by atoms with Gasteiger partial charge in [-0.2, -0.15) is 10.2 Å². The minimum absolute atomic E-state index is 0.0168. The van der Waals surface area contributed by atoms with Crippen LogP contribution in [0.4, 0.5) is 0 Å². The van der Waals surface area contributed by atoms with Crippen LogP contribution in [0.15, 0.2) is 46.9 Å². The first-order chi connectivity index (χ1) is 16.7. The lowest BCUT2D eigenvalue weighted by Crippen LogP contribution is -2.27. The molecule has 2 aromatic heterocycles. The number of nitrogens with zero attached hydrogens (tertiary/aromatic N) is 3. The Hall–Kier alpha value is -3.67. The molecule has 0 saturated carbocycles. The Labute approximate surface area is 208 Å². The molecular formula is C26H27ClN4O4. The van der Waals surface area contributed by atoms with E-state index in [9.17, 15) is 14.9 Å². The monoisotopic (exact) mass is 494 g/mol. The fourth-order valence-corrected chi connectivity index (χ4v) is 3.38. The van der Waals surface area contributed by atoms with E-state index in [0.717, 1.165) is 11.1 Å². The van der Waals surface area contributed by atoms with E-state index >= 15 is 0 Å². The number of halogens is 1. The van der Waals surface area contributed by atoms with Crippen LogP contribution in [0.1, 0.15) is 37.0 Å². The minimum atomic E-state index is -0.598. The molecule has 1 aromatic carbocycles. The van der Waals surface area contributed by atoms with Gasteiger partial charge in [0.15, 0.2) is 0 Å². The van der Waals surface area contributed by atoms with Crippen molar-refractivity contribution in [1.29, 1.82) is 5.26 Å². The number of hydrogen-bond donors (Lipinski definition) is 1. The topological polar surface area (TPSA) is 106 Å². The number of aryl methyl sites for hydroxylation is 2. The molecule has 3 rings (SSSR count). The quantitative estimate of drug-likeness (QED) is 0.265. The largest absolute Gasteiger partial charge is 0.438 e. The van der Waals surface area contributed by atoms with Gasteiger partial charge in [0.1, 0.15) is 28.6 Å². The Morgan fingerprint density at radius 3 is 2.74 bits per heavy atom. The van der Waals surface area contributed by atoms with Gasteiger partial charge in [-0.25, -0.2) is 0 Å². The van der Waals surface area contributed by atoms with E-state index in [1.165, 1.54) is 10.5 Å². The second kappa shape index (κ2) is 11.6. The molecule has 8 nitrogen and oxygen atoms in total. The predicted octanol–water partition coefficient (Wildman–Crippen LogP) is 4.60. The van der Waals surface area contributed by atoms with E-state index < -0.39 is 11.5 Å². The zero-order chi connectivity index (χ0) is 25.5. The summed E-state index contributed by atoms with van der Waals surface area (Å²) in [4.78, 5) is 30.5. The average Bonchev–Trinajstić information content (AvgIpc) is 2.81. The molecule has 3 aromatic rings. The van der Waals surface area contributed by atoms with Crippen LogP contribution in [0.5, 0.6) is 11.6 Å². The Kier molecular flexibility index (Phi) is 8.63. The summed E-state index contributed by atoms with van der Waals surface area (Å²) in [6, 6.07) is 10.5. The van der Waals surface area contributed by atoms with Crippen molar-refractivity contribution in [2.45, 2.75) is 40.2 Å². The SMILES string of the molecule is Cc1cc(Oc2nc3c(C)cccn3c(=O)c2C=C(C#N)C(=O)NCCCOC(C)C)ccc1Cl. The molecule has 0 radical (unpaired) electrons. The second-order valence-corrected chi connectivity index (χ2v) is 8.64. The molecule has 182 valence electrons. The van der Waals surface area contributed by atoms with E-state index in [4.69, 9.17) is 21.1 Å². The molecule has 2 heterocycles. The van der Waals surface area contributed by atoms with Gasteiger partial charge in [0, 0.05) is 24.4 Å². The van der Waals surface area contributed by atoms with E-state index in [1.54, 1.807) is 30.5 Å². The molecule has 1 N–H and O–H groups in total. The Morgan fingerprint density at radius 2 is 2.06 bits per heavy atom. The molecule has 0 spiro atoms. The third-order valence-corrected chi connectivity index (χ3v) is 5.53. The molecule has 0 unspecified atom stereocenters. The summed E-state index contributed by atoms with van der Waals surface area (Å²) in [5.74, 6) is -0.199. The van der Waals surface area contributed by atoms with Gasteiger partial charge in [0.05, 0.1) is 6.10 Å². The predicted molar refractivity (Wildman–Crippen MR) is 135 cm³/mol. The lowest BCUT2D eigenvalue weighted by Gasteiger charge is -2.12. The van der Waals surface area contributed by atoms with Crippen molar-refractivity contribution in [3.63, 3.8) is 0 Å². The van der Waals surface area contributed by atoms with Gasteiger partial charge in [-0.05, 0) is 75.6 Å². The highest BCUT2D eigenvalue weighted by Crippen LogP contribution is 2.27. The molecule has 0 aliphatic rings. The summed E-state index contributed by atoms with van der Waals surface area (Å²) in [5.41, 5.74) is 1.23. The second-order valence-electron chi connectivity index (χ2n) is 8.23. The number of aromatic nitrogens is 2. The molecular weight excluding hydrogens is 468 g/mol. The number of benzene rings is 1. The summed E-state index contributed by atoms with van der Waals surface area (Å²) >= 11 is 6.12. The van der Waals surface area contributed by atoms with Crippen molar-refractivity contribution < 1.29 is 14.3 Å². The zero-order valence-corrected chi connectivity index (χ0v) is 20.8. The van der Waals surface area contributed by atoms with Crippen molar-refractivity contribution in [1.82, 2.24) is 14.7 Å². The number of nitriles is 1. The van der Waals surface area contributed by atoms with Gasteiger partial charge in [-0.1, -0.05) is 17.7 Å². The standard InChI is InChI=1S/C26H27ClN4O4/c1-16(2)34-12-6-10-29-24(32)19(15-28)14-21-25(35-20-8-9-22(27)18(4)13-20)30-23-17(3)7-5-11-31(23)26(21)33/h5,7-9,11,13-14,16H,6,10,12H2,1-4H3,(H,29,32). The number of pyridine rings is 1. The first-order valence-corrected chi connectivity index (χ1v) is 11.6. The summed E-state index contributed by atoms with van der Waals surface area (Å²) in [5, 5.41) is 12.9. The van der Waals surface area contributed by atoms with Crippen LogP contribution in [-0.2, 0) is 9.53 Å². The maximum Gasteiger partial charge on any atom is 0.269 e. The third-order valence-electron chi connectivity index (χ3n) is 5.10. The number of carbonyl (C=O) groups is 1. The van der Waals surface area contributed by atoms with Crippen LogP contribution >= 0.6 is 11.6 Å². The van der Waals surface area contributed by atoms with Gasteiger partial charge < -0.3 is 14.8 Å². The van der Waals surface area contributed by atoms with Crippen LogP contribution in [0.3, 0.4) is 0 Å². The molecule has 1 amide bonds. The number of hydrogen-bond acceptors (Lipinski definition) is 6. The number of nitrogens with one attached hydrogen (secondary N) is 1. The maximum absolute atomic E-state index is 13.4. The lowest BCUT2D eigenvalue weighted by atomic mass is 10.1. The van der Waals surface area contributed by atoms with Crippen molar-refractivity contribution in [2.75, 3.05) is 13.2 Å². The van der Waals surface area contributed by atoms with Crippen molar-refractivity contribution in [3.8, 4) is 17.7 Å². The Morgan fingerprint density at radius 1 is 1.29 bits per heavy atom. The fraction of sp³-hybridized carbons (Fsp3) is 0.308. The number of rotatable bonds is 9. The van der Waals surface area contributed by atoms with Crippen molar-refractivity contribution in [3.05, 3.63) is 74.2 Å². The fourth-order valence-electron chi connectivity index (χ4n) is 3.27. The lowest BCUT2D eigenvalue weighted by molar-refractivity contribution is -0.117. The van der Waals surface area contributed by atoms with Gasteiger partial charge in [0.25, 0.3) is 11.5 Å². The van der Waals surface area contributed by atoms with Crippen molar-refractivity contribution >= 4 is 29.2 Å². The van der Waals surface area contributed by atoms with Gasteiger partial charge >= 0.3 is 0 Å². The first kappa shape index (κ1) is 25.9. The Bertz CT molecular complexity index is 1370.